The predicted octanol–water partition coefficient (Wildman–Crippen LogP) is 0.372. The number of halogens is 1. The monoisotopic (exact) mass is 411 g/mol. The minimum absolute atomic E-state index is 1.22. The minimum atomic E-state index is -4.94. The molecule has 0 aromatic heterocycles. The molecule has 3 rings (SSSR count). The molecule has 6 heteroatoms. The lowest BCUT2D eigenvalue weighted by molar-refractivity contribution is -2.00. The van der Waals surface area contributed by atoms with E-state index < -0.39 is 10.2 Å². The SMILES string of the molecule is C[N+](C)=C/C=C(\c1ccccc1)c1ccc(-c2ccccc2)cc1.[O-][Cl+3]([O-])([O-])[O-]. The Morgan fingerprint density at radius 2 is 1.07 bits per heavy atom. The zero-order valence-corrected chi connectivity index (χ0v) is 17.0. The summed E-state index contributed by atoms with van der Waals surface area (Å²) < 4.78 is 36.0. The second-order valence-corrected chi connectivity index (χ2v) is 7.14. The molecule has 5 nitrogen and oxygen atoms in total. The molecule has 0 saturated carbocycles. The Morgan fingerprint density at radius 1 is 0.655 bits per heavy atom. The van der Waals surface area contributed by atoms with Gasteiger partial charge in [0.05, 0.1) is 0 Å². The van der Waals surface area contributed by atoms with Crippen molar-refractivity contribution in [1.82, 2.24) is 0 Å². The highest BCUT2D eigenvalue weighted by molar-refractivity contribution is 5.90. The third-order valence-corrected chi connectivity index (χ3v) is 3.93. The molecule has 0 heterocycles. The molecule has 0 spiro atoms. The van der Waals surface area contributed by atoms with E-state index in [1.807, 2.05) is 20.2 Å². The van der Waals surface area contributed by atoms with E-state index in [9.17, 15) is 0 Å². The normalized spacial score (nSPS) is 11.3. The fraction of sp³-hybridized carbons (Fsp3) is 0.0870. The van der Waals surface area contributed by atoms with Crippen LogP contribution in [0, 0.1) is 10.2 Å². The van der Waals surface area contributed by atoms with Gasteiger partial charge in [0.15, 0.2) is 6.21 Å². The lowest BCUT2D eigenvalue weighted by atomic mass is 9.95. The summed E-state index contributed by atoms with van der Waals surface area (Å²) in [4.78, 5) is 0. The Balaban J connectivity index is 0.000000537. The van der Waals surface area contributed by atoms with Crippen molar-refractivity contribution in [2.24, 2.45) is 0 Å². The van der Waals surface area contributed by atoms with Gasteiger partial charge in [0.1, 0.15) is 14.1 Å². The highest BCUT2D eigenvalue weighted by Crippen LogP contribution is 2.26. The van der Waals surface area contributed by atoms with E-state index in [2.05, 4.69) is 95.7 Å². The van der Waals surface area contributed by atoms with Gasteiger partial charge in [-0.3, -0.25) is 0 Å². The third kappa shape index (κ3) is 8.39. The van der Waals surface area contributed by atoms with Crippen LogP contribution < -0.4 is 18.6 Å². The maximum atomic E-state index is 8.49. The van der Waals surface area contributed by atoms with Gasteiger partial charge in [-0.2, -0.15) is 0 Å². The Kier molecular flexibility index (Phi) is 8.27. The number of rotatable bonds is 4. The molecular weight excluding hydrogens is 390 g/mol. The first-order chi connectivity index (χ1) is 13.7. The van der Waals surface area contributed by atoms with Crippen molar-refractivity contribution in [3.8, 4) is 11.1 Å². The van der Waals surface area contributed by atoms with Gasteiger partial charge >= 0.3 is 0 Å². The molecule has 0 aliphatic carbocycles. The second-order valence-electron chi connectivity index (χ2n) is 6.38. The smallest absolute Gasteiger partial charge is 0.163 e. The van der Waals surface area contributed by atoms with E-state index in [0.29, 0.717) is 0 Å². The number of benzene rings is 3. The summed E-state index contributed by atoms with van der Waals surface area (Å²) in [6.07, 6.45) is 4.26. The average molecular weight is 412 g/mol. The number of allylic oxidation sites excluding steroid dienone is 1. The molecule has 0 fully saturated rings. The van der Waals surface area contributed by atoms with Gasteiger partial charge in [-0.05, 0) is 27.8 Å². The van der Waals surface area contributed by atoms with Crippen LogP contribution in [0.4, 0.5) is 0 Å². The zero-order chi connectivity index (χ0) is 21.3. The van der Waals surface area contributed by atoms with Gasteiger partial charge in [0.25, 0.3) is 0 Å². The van der Waals surface area contributed by atoms with Crippen LogP contribution in [0.15, 0.2) is 91.0 Å². The molecule has 0 amide bonds. The van der Waals surface area contributed by atoms with Crippen molar-refractivity contribution in [3.05, 3.63) is 102 Å². The quantitative estimate of drug-likeness (QED) is 0.458. The van der Waals surface area contributed by atoms with Crippen molar-refractivity contribution >= 4 is 11.8 Å². The largest absolute Gasteiger partial charge is 0.241 e. The molecule has 0 aliphatic heterocycles. The molecule has 0 radical (unpaired) electrons. The van der Waals surface area contributed by atoms with E-state index in [0.717, 1.165) is 0 Å². The molecule has 0 bridgehead atoms. The van der Waals surface area contributed by atoms with Gasteiger partial charge in [-0.1, -0.05) is 84.9 Å². The topological polar surface area (TPSA) is 95.2 Å². The number of nitrogens with zero attached hydrogens (tertiary/aromatic N) is 1. The number of hydrogen-bond acceptors (Lipinski definition) is 4. The van der Waals surface area contributed by atoms with Crippen LogP contribution in [-0.2, 0) is 0 Å². The molecule has 0 N–H and O–H groups in total. The summed E-state index contributed by atoms with van der Waals surface area (Å²) in [6, 6.07) is 29.8. The maximum Gasteiger partial charge on any atom is 0.163 e. The van der Waals surface area contributed by atoms with E-state index in [-0.39, 0.29) is 0 Å². The van der Waals surface area contributed by atoms with E-state index >= 15 is 0 Å². The first-order valence-corrected chi connectivity index (χ1v) is 10.0. The van der Waals surface area contributed by atoms with Crippen molar-refractivity contribution in [3.63, 3.8) is 0 Å². The van der Waals surface area contributed by atoms with Gasteiger partial charge < -0.3 is 0 Å². The Hall–Kier alpha value is -2.80. The predicted molar refractivity (Wildman–Crippen MR) is 104 cm³/mol. The summed E-state index contributed by atoms with van der Waals surface area (Å²) in [5.74, 6) is 0. The van der Waals surface area contributed by atoms with Crippen LogP contribution >= 0.6 is 0 Å². The summed E-state index contributed by atoms with van der Waals surface area (Å²) in [5, 5.41) is 0. The fourth-order valence-electron chi connectivity index (χ4n) is 2.67. The highest BCUT2D eigenvalue weighted by atomic mass is 35.7. The van der Waals surface area contributed by atoms with Gasteiger partial charge in [0, 0.05) is 6.08 Å². The van der Waals surface area contributed by atoms with E-state index in [1.54, 1.807) is 0 Å². The average Bonchev–Trinajstić information content (AvgIpc) is 2.69. The van der Waals surface area contributed by atoms with Gasteiger partial charge in [-0.15, -0.1) is 10.2 Å². The Morgan fingerprint density at radius 3 is 1.55 bits per heavy atom. The second kappa shape index (κ2) is 10.7. The third-order valence-electron chi connectivity index (χ3n) is 3.93. The molecular formula is C23H22ClNO4. The molecule has 0 aliphatic rings. The molecule has 29 heavy (non-hydrogen) atoms. The molecule has 3 aromatic carbocycles. The highest BCUT2D eigenvalue weighted by Gasteiger charge is 2.06. The summed E-state index contributed by atoms with van der Waals surface area (Å²) in [6.45, 7) is 0. The van der Waals surface area contributed by atoms with Crippen LogP contribution in [0.25, 0.3) is 16.7 Å². The maximum absolute atomic E-state index is 8.49. The Bertz CT molecular complexity index is 938. The zero-order valence-electron chi connectivity index (χ0n) is 16.2. The van der Waals surface area contributed by atoms with Crippen LogP contribution in [-0.4, -0.2) is 24.9 Å². The van der Waals surface area contributed by atoms with Crippen molar-refractivity contribution in [2.75, 3.05) is 14.1 Å². The number of hydrogen-bond donors (Lipinski definition) is 0. The van der Waals surface area contributed by atoms with Crippen LogP contribution in [0.3, 0.4) is 0 Å². The molecule has 0 unspecified atom stereocenters. The van der Waals surface area contributed by atoms with E-state index in [1.165, 1.54) is 27.8 Å². The Labute approximate surface area is 172 Å². The first-order valence-electron chi connectivity index (χ1n) is 8.78. The molecule has 0 atom stereocenters. The standard InChI is InChI=1S/C23H22N.ClHO4/c1-24(2)18-17-23(21-11-7-4-8-12-21)22-15-13-20(14-16-22)19-9-5-3-6-10-19;2-1(3,4)5/h3-18H,1-2H3;(H,2,3,4,5)/q+1;/p-1/b23-17+;. The summed E-state index contributed by atoms with van der Waals surface area (Å²) in [7, 11) is -0.866. The van der Waals surface area contributed by atoms with Gasteiger partial charge in [-0.25, -0.2) is 23.2 Å². The first kappa shape index (κ1) is 22.5. The molecule has 150 valence electrons. The minimum Gasteiger partial charge on any atom is -0.241 e. The summed E-state index contributed by atoms with van der Waals surface area (Å²) >= 11 is 0. The van der Waals surface area contributed by atoms with E-state index in [4.69, 9.17) is 18.6 Å². The van der Waals surface area contributed by atoms with Crippen molar-refractivity contribution in [2.45, 2.75) is 0 Å². The fourth-order valence-corrected chi connectivity index (χ4v) is 2.67. The summed E-state index contributed by atoms with van der Waals surface area (Å²) in [5.41, 5.74) is 6.16. The van der Waals surface area contributed by atoms with Gasteiger partial charge in [0.2, 0.25) is 0 Å². The van der Waals surface area contributed by atoms with Crippen molar-refractivity contribution in [1.29, 1.82) is 0 Å². The molecule has 0 saturated heterocycles. The lowest BCUT2D eigenvalue weighted by Gasteiger charge is -2.17. The molecule has 3 aromatic rings. The van der Waals surface area contributed by atoms with Crippen molar-refractivity contribution < 1.29 is 33.5 Å². The lowest BCUT2D eigenvalue weighted by Crippen LogP contribution is -2.68. The van der Waals surface area contributed by atoms with Crippen LogP contribution in [0.5, 0.6) is 0 Å². The van der Waals surface area contributed by atoms with Crippen LogP contribution in [0.2, 0.25) is 0 Å². The van der Waals surface area contributed by atoms with Crippen LogP contribution in [0.1, 0.15) is 11.1 Å².